The van der Waals surface area contributed by atoms with Gasteiger partial charge in [0, 0.05) is 12.1 Å². The normalized spacial score (nSPS) is 12.7. The van der Waals surface area contributed by atoms with Crippen LogP contribution in [0, 0.1) is 0 Å². The molecule has 0 aliphatic carbocycles. The third-order valence-electron chi connectivity index (χ3n) is 2.98. The summed E-state index contributed by atoms with van der Waals surface area (Å²) < 4.78 is 39.8. The number of ether oxygens (including phenoxy) is 1. The molecule has 0 radical (unpaired) electrons. The minimum absolute atomic E-state index is 0.213. The molecule has 23 heavy (non-hydrogen) atoms. The van der Waals surface area contributed by atoms with Gasteiger partial charge in [-0.15, -0.1) is 13.2 Å². The molecule has 0 saturated carbocycles. The number of halogens is 3. The van der Waals surface area contributed by atoms with E-state index in [1.807, 2.05) is 10.8 Å². The first-order valence-electron chi connectivity index (χ1n) is 6.69. The first-order chi connectivity index (χ1) is 10.8. The van der Waals surface area contributed by atoms with Crippen LogP contribution in [0.3, 0.4) is 0 Å². The van der Waals surface area contributed by atoms with E-state index in [4.69, 9.17) is 0 Å². The van der Waals surface area contributed by atoms with Crippen molar-refractivity contribution in [2.45, 2.75) is 18.9 Å². The lowest BCUT2D eigenvalue weighted by molar-refractivity contribution is -0.274. The van der Waals surface area contributed by atoms with Gasteiger partial charge in [-0.25, -0.2) is 0 Å². The van der Waals surface area contributed by atoms with E-state index in [0.29, 0.717) is 6.42 Å². The van der Waals surface area contributed by atoms with Gasteiger partial charge in [-0.05, 0) is 53.1 Å². The maximum absolute atomic E-state index is 12.0. The fourth-order valence-corrected chi connectivity index (χ4v) is 2.57. The Morgan fingerprint density at radius 1 is 1.26 bits per heavy atom. The van der Waals surface area contributed by atoms with E-state index in [-0.39, 0.29) is 17.9 Å². The fraction of sp³-hybridized carbons (Fsp3) is 0.267. The molecule has 2 N–H and O–H groups in total. The van der Waals surface area contributed by atoms with Crippen LogP contribution in [0.2, 0.25) is 0 Å². The van der Waals surface area contributed by atoms with Crippen molar-refractivity contribution in [3.05, 3.63) is 52.2 Å². The Hall–Kier alpha value is -2.06. The molecule has 8 heteroatoms. The van der Waals surface area contributed by atoms with Crippen molar-refractivity contribution in [2.75, 3.05) is 6.54 Å². The summed E-state index contributed by atoms with van der Waals surface area (Å²) in [5.74, 6) is -0.817. The zero-order chi connectivity index (χ0) is 16.9. The topological polar surface area (TPSA) is 58.6 Å². The van der Waals surface area contributed by atoms with Crippen LogP contribution in [0.5, 0.6) is 5.75 Å². The van der Waals surface area contributed by atoms with Crippen LogP contribution in [0.15, 0.2) is 41.1 Å². The second-order valence-electron chi connectivity index (χ2n) is 4.69. The fourth-order valence-electron chi connectivity index (χ4n) is 1.86. The van der Waals surface area contributed by atoms with Crippen LogP contribution in [-0.2, 0) is 0 Å². The van der Waals surface area contributed by atoms with Crippen molar-refractivity contribution in [2.24, 2.45) is 0 Å². The van der Waals surface area contributed by atoms with Gasteiger partial charge in [0.15, 0.2) is 0 Å². The highest BCUT2D eigenvalue weighted by Crippen LogP contribution is 2.23. The van der Waals surface area contributed by atoms with Gasteiger partial charge in [0.25, 0.3) is 5.91 Å². The number of aliphatic hydroxyl groups excluding tert-OH is 1. The number of thiophene rings is 1. The zero-order valence-corrected chi connectivity index (χ0v) is 12.7. The maximum atomic E-state index is 12.0. The van der Waals surface area contributed by atoms with E-state index in [0.717, 1.165) is 17.7 Å². The van der Waals surface area contributed by atoms with Gasteiger partial charge in [0.05, 0.1) is 6.10 Å². The van der Waals surface area contributed by atoms with Gasteiger partial charge in [-0.1, -0.05) is 0 Å². The minimum Gasteiger partial charge on any atom is -0.406 e. The molecule has 0 spiro atoms. The Bertz CT molecular complexity index is 626. The number of nitrogens with one attached hydrogen (secondary N) is 1. The Labute approximate surface area is 134 Å². The third kappa shape index (κ3) is 5.57. The molecule has 1 aromatic carbocycles. The van der Waals surface area contributed by atoms with Gasteiger partial charge >= 0.3 is 6.36 Å². The summed E-state index contributed by atoms with van der Waals surface area (Å²) in [6, 6.07) is 6.43. The SMILES string of the molecule is O=C(NCC[C@@H](O)c1ccsc1)c1ccc(OC(F)(F)F)cc1. The molecule has 0 aliphatic rings. The molecule has 2 aromatic rings. The molecule has 1 amide bonds. The number of hydrogen-bond acceptors (Lipinski definition) is 4. The van der Waals surface area contributed by atoms with Crippen molar-refractivity contribution in [1.29, 1.82) is 0 Å². The second kappa shape index (κ2) is 7.47. The largest absolute Gasteiger partial charge is 0.573 e. The van der Waals surface area contributed by atoms with E-state index in [1.165, 1.54) is 23.5 Å². The number of rotatable bonds is 6. The van der Waals surface area contributed by atoms with Gasteiger partial charge in [0.1, 0.15) is 5.75 Å². The van der Waals surface area contributed by atoms with Gasteiger partial charge in [-0.2, -0.15) is 11.3 Å². The van der Waals surface area contributed by atoms with Crippen LogP contribution >= 0.6 is 11.3 Å². The van der Waals surface area contributed by atoms with Crippen molar-refractivity contribution in [3.63, 3.8) is 0 Å². The summed E-state index contributed by atoms with van der Waals surface area (Å²) in [5.41, 5.74) is 1.00. The Kier molecular flexibility index (Phi) is 5.62. The first kappa shape index (κ1) is 17.3. The van der Waals surface area contributed by atoms with Crippen molar-refractivity contribution in [3.8, 4) is 5.75 Å². The summed E-state index contributed by atoms with van der Waals surface area (Å²) in [4.78, 5) is 11.9. The highest BCUT2D eigenvalue weighted by atomic mass is 32.1. The van der Waals surface area contributed by atoms with E-state index in [1.54, 1.807) is 6.07 Å². The molecular weight excluding hydrogens is 331 g/mol. The van der Waals surface area contributed by atoms with Crippen LogP contribution in [-0.4, -0.2) is 23.9 Å². The number of benzene rings is 1. The average Bonchev–Trinajstić information content (AvgIpc) is 3.00. The van der Waals surface area contributed by atoms with E-state index in [2.05, 4.69) is 10.1 Å². The predicted octanol–water partition coefficient (Wildman–Crippen LogP) is 3.50. The monoisotopic (exact) mass is 345 g/mol. The summed E-state index contributed by atoms with van der Waals surface area (Å²) in [6.07, 6.45) is -5.08. The Balaban J connectivity index is 1.81. The molecule has 0 saturated heterocycles. The van der Waals surface area contributed by atoms with E-state index >= 15 is 0 Å². The molecule has 1 aromatic heterocycles. The molecule has 1 heterocycles. The molecule has 1 atom stereocenters. The highest BCUT2D eigenvalue weighted by Gasteiger charge is 2.31. The second-order valence-corrected chi connectivity index (χ2v) is 5.47. The molecule has 0 unspecified atom stereocenters. The number of amides is 1. The number of aliphatic hydroxyl groups is 1. The molecule has 0 aliphatic heterocycles. The smallest absolute Gasteiger partial charge is 0.406 e. The summed E-state index contributed by atoms with van der Waals surface area (Å²) in [6.45, 7) is 0.247. The molecule has 124 valence electrons. The standard InChI is InChI=1S/C15H14F3NO3S/c16-15(17,18)22-12-3-1-10(2-4-12)14(21)19-7-5-13(20)11-6-8-23-9-11/h1-4,6,8-9,13,20H,5,7H2,(H,19,21)/t13-/m1/s1. The molecule has 2 rings (SSSR count). The summed E-state index contributed by atoms with van der Waals surface area (Å²) >= 11 is 1.47. The lowest BCUT2D eigenvalue weighted by Gasteiger charge is -2.11. The van der Waals surface area contributed by atoms with Crippen molar-refractivity contribution in [1.82, 2.24) is 5.32 Å². The number of hydrogen-bond donors (Lipinski definition) is 2. The zero-order valence-electron chi connectivity index (χ0n) is 11.8. The quantitative estimate of drug-likeness (QED) is 0.842. The van der Waals surface area contributed by atoms with Crippen LogP contribution < -0.4 is 10.1 Å². The average molecular weight is 345 g/mol. The molecule has 4 nitrogen and oxygen atoms in total. The van der Waals surface area contributed by atoms with Crippen molar-refractivity contribution >= 4 is 17.2 Å². The summed E-state index contributed by atoms with van der Waals surface area (Å²) in [5, 5.41) is 16.1. The predicted molar refractivity (Wildman–Crippen MR) is 79.4 cm³/mol. The summed E-state index contributed by atoms with van der Waals surface area (Å²) in [7, 11) is 0. The number of alkyl halides is 3. The highest BCUT2D eigenvalue weighted by molar-refractivity contribution is 7.07. The lowest BCUT2D eigenvalue weighted by Crippen LogP contribution is -2.25. The number of carbonyl (C=O) groups excluding carboxylic acids is 1. The van der Waals surface area contributed by atoms with Crippen LogP contribution in [0.4, 0.5) is 13.2 Å². The number of carbonyl (C=O) groups is 1. The van der Waals surface area contributed by atoms with Gasteiger partial charge in [0.2, 0.25) is 0 Å². The molecule has 0 bridgehead atoms. The van der Waals surface area contributed by atoms with Crippen LogP contribution in [0.1, 0.15) is 28.4 Å². The lowest BCUT2D eigenvalue weighted by atomic mass is 10.1. The Morgan fingerprint density at radius 3 is 2.52 bits per heavy atom. The maximum Gasteiger partial charge on any atom is 0.573 e. The Morgan fingerprint density at radius 2 is 1.96 bits per heavy atom. The van der Waals surface area contributed by atoms with Gasteiger partial charge in [-0.3, -0.25) is 4.79 Å². The van der Waals surface area contributed by atoms with E-state index < -0.39 is 18.4 Å². The molecule has 0 fully saturated rings. The van der Waals surface area contributed by atoms with E-state index in [9.17, 15) is 23.1 Å². The molecular formula is C15H14F3NO3S. The minimum atomic E-state index is -4.76. The van der Waals surface area contributed by atoms with Crippen LogP contribution in [0.25, 0.3) is 0 Å². The first-order valence-corrected chi connectivity index (χ1v) is 7.63. The van der Waals surface area contributed by atoms with Gasteiger partial charge < -0.3 is 15.2 Å². The third-order valence-corrected chi connectivity index (χ3v) is 3.68. The van der Waals surface area contributed by atoms with Crippen molar-refractivity contribution < 1.29 is 27.8 Å².